The summed E-state index contributed by atoms with van der Waals surface area (Å²) in [6, 6.07) is 8.42. The molecule has 1 aromatic carbocycles. The molecule has 130 valence electrons. The van der Waals surface area contributed by atoms with Gasteiger partial charge in [0.05, 0.1) is 10.9 Å². The van der Waals surface area contributed by atoms with Crippen molar-refractivity contribution in [3.8, 4) is 0 Å². The Labute approximate surface area is 139 Å². The van der Waals surface area contributed by atoms with Crippen LogP contribution in [0.2, 0.25) is 0 Å². The van der Waals surface area contributed by atoms with Crippen molar-refractivity contribution < 1.29 is 13.5 Å². The molecule has 1 unspecified atom stereocenters. The van der Waals surface area contributed by atoms with E-state index in [0.29, 0.717) is 19.6 Å². The lowest BCUT2D eigenvalue weighted by atomic mass is 10.00. The van der Waals surface area contributed by atoms with Gasteiger partial charge in [-0.1, -0.05) is 24.3 Å². The average molecular weight is 340 g/mol. The SMILES string of the molecule is CC(C)(CNCC(O)CN1CCc2ccccc2C1)S(C)(=O)=O. The highest BCUT2D eigenvalue weighted by atomic mass is 32.2. The monoisotopic (exact) mass is 340 g/mol. The van der Waals surface area contributed by atoms with Crippen molar-refractivity contribution in [3.05, 3.63) is 35.4 Å². The fourth-order valence-corrected chi connectivity index (χ4v) is 3.11. The highest BCUT2D eigenvalue weighted by Crippen LogP contribution is 2.18. The molecule has 2 N–H and O–H groups in total. The number of nitrogens with one attached hydrogen (secondary N) is 1. The first kappa shape index (κ1) is 18.4. The number of hydrogen-bond donors (Lipinski definition) is 2. The standard InChI is InChI=1S/C17H28N2O3S/c1-17(2,23(3,21)22)13-18-10-16(20)12-19-9-8-14-6-4-5-7-15(14)11-19/h4-7,16,18,20H,8-13H2,1-3H3. The van der Waals surface area contributed by atoms with E-state index >= 15 is 0 Å². The number of β-amino-alcohol motifs (C(OH)–C–C–N with tert-alkyl or cyclic N) is 1. The van der Waals surface area contributed by atoms with Gasteiger partial charge in [-0.05, 0) is 31.4 Å². The quantitative estimate of drug-likeness (QED) is 0.769. The Balaban J connectivity index is 1.77. The van der Waals surface area contributed by atoms with Crippen molar-refractivity contribution in [1.82, 2.24) is 10.2 Å². The number of fused-ring (bicyclic) bond motifs is 1. The summed E-state index contributed by atoms with van der Waals surface area (Å²) in [7, 11) is -3.12. The summed E-state index contributed by atoms with van der Waals surface area (Å²) in [5.41, 5.74) is 2.73. The third-order valence-electron chi connectivity index (χ3n) is 4.61. The van der Waals surface area contributed by atoms with E-state index in [0.717, 1.165) is 19.5 Å². The molecule has 23 heavy (non-hydrogen) atoms. The minimum absolute atomic E-state index is 0.339. The number of rotatable bonds is 7. The lowest BCUT2D eigenvalue weighted by Gasteiger charge is -2.31. The summed E-state index contributed by atoms with van der Waals surface area (Å²) in [6.07, 6.45) is 1.75. The largest absolute Gasteiger partial charge is 0.390 e. The smallest absolute Gasteiger partial charge is 0.153 e. The second-order valence-corrected chi connectivity index (χ2v) is 9.72. The molecular weight excluding hydrogens is 312 g/mol. The van der Waals surface area contributed by atoms with Crippen LogP contribution in [0.1, 0.15) is 25.0 Å². The summed E-state index contributed by atoms with van der Waals surface area (Å²) in [4.78, 5) is 2.25. The van der Waals surface area contributed by atoms with Gasteiger partial charge in [-0.2, -0.15) is 0 Å². The molecule has 1 atom stereocenters. The van der Waals surface area contributed by atoms with Crippen LogP contribution in [0.5, 0.6) is 0 Å². The van der Waals surface area contributed by atoms with Gasteiger partial charge in [0, 0.05) is 39.0 Å². The summed E-state index contributed by atoms with van der Waals surface area (Å²) < 4.78 is 22.5. The van der Waals surface area contributed by atoms with Crippen molar-refractivity contribution in [1.29, 1.82) is 0 Å². The molecule has 0 aromatic heterocycles. The van der Waals surface area contributed by atoms with Crippen LogP contribution < -0.4 is 5.32 Å². The van der Waals surface area contributed by atoms with Gasteiger partial charge in [0.2, 0.25) is 0 Å². The zero-order valence-electron chi connectivity index (χ0n) is 14.2. The second kappa shape index (κ2) is 7.30. The zero-order valence-corrected chi connectivity index (χ0v) is 15.1. The van der Waals surface area contributed by atoms with E-state index in [-0.39, 0.29) is 0 Å². The molecule has 5 nitrogen and oxygen atoms in total. The van der Waals surface area contributed by atoms with Crippen LogP contribution in [0.15, 0.2) is 24.3 Å². The van der Waals surface area contributed by atoms with Gasteiger partial charge in [-0.15, -0.1) is 0 Å². The molecule has 6 heteroatoms. The van der Waals surface area contributed by atoms with E-state index in [1.165, 1.54) is 17.4 Å². The van der Waals surface area contributed by atoms with Gasteiger partial charge in [-0.3, -0.25) is 4.90 Å². The van der Waals surface area contributed by atoms with Crippen molar-refractivity contribution in [2.24, 2.45) is 0 Å². The molecule has 1 heterocycles. The number of nitrogens with zero attached hydrogens (tertiary/aromatic N) is 1. The van der Waals surface area contributed by atoms with Gasteiger partial charge >= 0.3 is 0 Å². The van der Waals surface area contributed by atoms with Gasteiger partial charge in [0.1, 0.15) is 0 Å². The van der Waals surface area contributed by atoms with Crippen LogP contribution in [0.4, 0.5) is 0 Å². The maximum absolute atomic E-state index is 11.7. The van der Waals surface area contributed by atoms with E-state index in [1.807, 2.05) is 6.07 Å². The van der Waals surface area contributed by atoms with Gasteiger partial charge < -0.3 is 10.4 Å². The average Bonchev–Trinajstić information content (AvgIpc) is 2.45. The number of aliphatic hydroxyl groups is 1. The van der Waals surface area contributed by atoms with E-state index in [9.17, 15) is 13.5 Å². The molecule has 0 radical (unpaired) electrons. The first-order valence-electron chi connectivity index (χ1n) is 8.06. The Morgan fingerprint density at radius 1 is 1.30 bits per heavy atom. The summed E-state index contributed by atoms with van der Waals surface area (Å²) in [6.45, 7) is 6.54. The van der Waals surface area contributed by atoms with E-state index in [2.05, 4.69) is 28.4 Å². The Morgan fingerprint density at radius 3 is 2.61 bits per heavy atom. The van der Waals surface area contributed by atoms with Gasteiger partial charge in [-0.25, -0.2) is 8.42 Å². The molecule has 0 aliphatic carbocycles. The number of sulfone groups is 1. The van der Waals surface area contributed by atoms with Crippen LogP contribution in [0.3, 0.4) is 0 Å². The maximum Gasteiger partial charge on any atom is 0.153 e. The fourth-order valence-electron chi connectivity index (χ4n) is 2.74. The summed E-state index contributed by atoms with van der Waals surface area (Å²) >= 11 is 0. The van der Waals surface area contributed by atoms with Gasteiger partial charge in [0.25, 0.3) is 0 Å². The minimum Gasteiger partial charge on any atom is -0.390 e. The van der Waals surface area contributed by atoms with Crippen molar-refractivity contribution in [3.63, 3.8) is 0 Å². The first-order valence-corrected chi connectivity index (χ1v) is 9.96. The van der Waals surface area contributed by atoms with Crippen LogP contribution in [-0.4, -0.2) is 61.7 Å². The fraction of sp³-hybridized carbons (Fsp3) is 0.647. The lowest BCUT2D eigenvalue weighted by molar-refractivity contribution is 0.104. The third-order valence-corrected chi connectivity index (χ3v) is 6.76. The van der Waals surface area contributed by atoms with Crippen molar-refractivity contribution >= 4 is 9.84 Å². The van der Waals surface area contributed by atoms with Crippen molar-refractivity contribution in [2.75, 3.05) is 32.4 Å². The third kappa shape index (κ3) is 5.01. The van der Waals surface area contributed by atoms with Crippen molar-refractivity contribution in [2.45, 2.75) is 37.7 Å². The number of benzene rings is 1. The predicted octanol–water partition coefficient (Wildman–Crippen LogP) is 0.818. The second-order valence-electron chi connectivity index (χ2n) is 7.07. The van der Waals surface area contributed by atoms with E-state index in [4.69, 9.17) is 0 Å². The van der Waals surface area contributed by atoms with Gasteiger partial charge in [0.15, 0.2) is 9.84 Å². The first-order chi connectivity index (χ1) is 10.7. The van der Waals surface area contributed by atoms with Crippen LogP contribution in [-0.2, 0) is 22.8 Å². The Morgan fingerprint density at radius 2 is 1.96 bits per heavy atom. The number of hydrogen-bond acceptors (Lipinski definition) is 5. The highest BCUT2D eigenvalue weighted by molar-refractivity contribution is 7.92. The van der Waals surface area contributed by atoms with E-state index in [1.54, 1.807) is 13.8 Å². The molecule has 2 rings (SSSR count). The molecule has 1 aliphatic rings. The molecule has 0 saturated heterocycles. The minimum atomic E-state index is -3.12. The zero-order chi connectivity index (χ0) is 17.1. The van der Waals surface area contributed by atoms with E-state index < -0.39 is 20.7 Å². The molecule has 0 fully saturated rings. The summed E-state index contributed by atoms with van der Waals surface area (Å²) in [5, 5.41) is 13.3. The topological polar surface area (TPSA) is 69.6 Å². The molecule has 0 saturated carbocycles. The molecule has 0 spiro atoms. The molecule has 1 aromatic rings. The Hall–Kier alpha value is -0.950. The summed E-state index contributed by atoms with van der Waals surface area (Å²) in [5.74, 6) is 0. The number of aliphatic hydroxyl groups excluding tert-OH is 1. The molecule has 0 bridgehead atoms. The van der Waals surface area contributed by atoms with Crippen LogP contribution in [0.25, 0.3) is 0 Å². The lowest BCUT2D eigenvalue weighted by Crippen LogP contribution is -2.46. The normalized spacial score (nSPS) is 17.7. The molecule has 0 amide bonds. The maximum atomic E-state index is 11.7. The highest BCUT2D eigenvalue weighted by Gasteiger charge is 2.29. The Kier molecular flexibility index (Phi) is 5.84. The predicted molar refractivity (Wildman–Crippen MR) is 93.2 cm³/mol. The molecular formula is C17H28N2O3S. The van der Waals surface area contributed by atoms with Crippen LogP contribution in [0, 0.1) is 0 Å². The molecule has 1 aliphatic heterocycles. The van der Waals surface area contributed by atoms with Crippen LogP contribution >= 0.6 is 0 Å². The Bertz CT molecular complexity index is 628.